The average molecular weight is 332 g/mol. The molecule has 1 atom stereocenters. The molecule has 0 spiro atoms. The van der Waals surface area contributed by atoms with Gasteiger partial charge < -0.3 is 21.8 Å². The average Bonchev–Trinajstić information content (AvgIpc) is 3.05. The first-order valence-electron chi connectivity index (χ1n) is 7.37. The minimum absolute atomic E-state index is 0.0223. The van der Waals surface area contributed by atoms with Gasteiger partial charge in [0.1, 0.15) is 16.3 Å². The molecule has 0 radical (unpaired) electrons. The minimum Gasteiger partial charge on any atom is -0.382 e. The number of hydrogen-bond acceptors (Lipinski definition) is 8. The van der Waals surface area contributed by atoms with Crippen LogP contribution >= 0.6 is 11.3 Å². The van der Waals surface area contributed by atoms with Gasteiger partial charge in [0.15, 0.2) is 11.5 Å². The van der Waals surface area contributed by atoms with Crippen molar-refractivity contribution in [1.29, 1.82) is 0 Å². The molecule has 0 aliphatic rings. The Morgan fingerprint density at radius 3 is 2.65 bits per heavy atom. The molecule has 0 amide bonds. The van der Waals surface area contributed by atoms with E-state index >= 15 is 0 Å². The zero-order valence-corrected chi connectivity index (χ0v) is 14.1. The van der Waals surface area contributed by atoms with E-state index in [-0.39, 0.29) is 12.0 Å². The van der Waals surface area contributed by atoms with Crippen molar-refractivity contribution < 1.29 is 0 Å². The van der Waals surface area contributed by atoms with E-state index in [1.807, 2.05) is 12.3 Å². The normalized spacial score (nSPS) is 13.0. The van der Waals surface area contributed by atoms with Gasteiger partial charge in [-0.3, -0.25) is 0 Å². The number of nitrogens with zero attached hydrogens (tertiary/aromatic N) is 4. The van der Waals surface area contributed by atoms with Gasteiger partial charge in [-0.2, -0.15) is 9.97 Å². The Morgan fingerprint density at radius 2 is 2.00 bits per heavy atom. The van der Waals surface area contributed by atoms with Gasteiger partial charge in [0.05, 0.1) is 6.04 Å². The molecule has 3 aromatic heterocycles. The molecular weight excluding hydrogens is 312 g/mol. The maximum Gasteiger partial charge on any atom is 0.224 e. The summed E-state index contributed by atoms with van der Waals surface area (Å²) in [4.78, 5) is 20.3. The summed E-state index contributed by atoms with van der Waals surface area (Å²) in [5.41, 5.74) is 13.7. The fraction of sp³-hybridized carbons (Fsp3) is 0.429. The summed E-state index contributed by atoms with van der Waals surface area (Å²) in [6.45, 7) is 6.93. The van der Waals surface area contributed by atoms with E-state index < -0.39 is 0 Å². The lowest BCUT2D eigenvalue weighted by Crippen LogP contribution is -2.26. The summed E-state index contributed by atoms with van der Waals surface area (Å²) < 4.78 is 0. The quantitative estimate of drug-likeness (QED) is 0.560. The lowest BCUT2D eigenvalue weighted by atomic mass is 10.0. The second-order valence-electron chi connectivity index (χ2n) is 5.77. The summed E-state index contributed by atoms with van der Waals surface area (Å²) in [5.74, 6) is 1.53. The largest absolute Gasteiger partial charge is 0.382 e. The first kappa shape index (κ1) is 15.6. The summed E-state index contributed by atoms with van der Waals surface area (Å²) in [5, 5.41) is 6.59. The van der Waals surface area contributed by atoms with Crippen LogP contribution in [0.1, 0.15) is 36.4 Å². The Hall–Kier alpha value is -2.26. The predicted octanol–water partition coefficient (Wildman–Crippen LogP) is 1.77. The highest BCUT2D eigenvalue weighted by atomic mass is 32.1. The molecule has 0 saturated carbocycles. The van der Waals surface area contributed by atoms with Crippen LogP contribution < -0.4 is 16.8 Å². The molecule has 3 heterocycles. The van der Waals surface area contributed by atoms with Crippen LogP contribution in [0.3, 0.4) is 0 Å². The number of fused-ring (bicyclic) bond motifs is 1. The van der Waals surface area contributed by atoms with E-state index in [1.54, 1.807) is 11.3 Å². The first-order valence-corrected chi connectivity index (χ1v) is 8.25. The summed E-state index contributed by atoms with van der Waals surface area (Å²) in [6.07, 6.45) is 0. The number of aromatic nitrogens is 5. The van der Waals surface area contributed by atoms with Crippen molar-refractivity contribution in [1.82, 2.24) is 30.2 Å². The van der Waals surface area contributed by atoms with Crippen molar-refractivity contribution in [2.75, 3.05) is 11.5 Å². The van der Waals surface area contributed by atoms with Crippen molar-refractivity contribution in [3.05, 3.63) is 21.9 Å². The Labute approximate surface area is 137 Å². The van der Waals surface area contributed by atoms with Gasteiger partial charge in [0.25, 0.3) is 0 Å². The number of nitrogens with two attached hydrogens (primary N) is 2. The molecule has 8 nitrogen and oxygen atoms in total. The van der Waals surface area contributed by atoms with Crippen LogP contribution in [-0.4, -0.2) is 24.9 Å². The number of nitrogen functional groups attached to an aromatic ring is 2. The van der Waals surface area contributed by atoms with Gasteiger partial charge in [-0.05, 0) is 12.8 Å². The van der Waals surface area contributed by atoms with Gasteiger partial charge in [-0.1, -0.05) is 13.8 Å². The van der Waals surface area contributed by atoms with Crippen LogP contribution in [-0.2, 0) is 6.54 Å². The highest BCUT2D eigenvalue weighted by molar-refractivity contribution is 7.09. The number of H-pyrrole nitrogens is 1. The number of thiazole rings is 1. The van der Waals surface area contributed by atoms with E-state index in [0.717, 1.165) is 16.5 Å². The molecule has 3 rings (SSSR count). The molecule has 9 heteroatoms. The zero-order valence-electron chi connectivity index (χ0n) is 13.3. The number of rotatable bonds is 5. The third-order valence-corrected chi connectivity index (χ3v) is 4.48. The highest BCUT2D eigenvalue weighted by Crippen LogP contribution is 2.24. The molecule has 0 bridgehead atoms. The smallest absolute Gasteiger partial charge is 0.224 e. The first-order chi connectivity index (χ1) is 10.9. The molecule has 6 N–H and O–H groups in total. The van der Waals surface area contributed by atoms with E-state index in [1.165, 1.54) is 0 Å². The molecule has 0 aromatic carbocycles. The maximum atomic E-state index is 5.88. The molecule has 0 aliphatic carbocycles. The lowest BCUT2D eigenvalue weighted by molar-refractivity contribution is 0.395. The zero-order chi connectivity index (χ0) is 16.6. The molecule has 122 valence electrons. The molecule has 0 saturated heterocycles. The highest BCUT2D eigenvalue weighted by Gasteiger charge is 2.21. The monoisotopic (exact) mass is 332 g/mol. The van der Waals surface area contributed by atoms with Crippen molar-refractivity contribution in [2.45, 2.75) is 33.4 Å². The van der Waals surface area contributed by atoms with Gasteiger partial charge in [-0.25, -0.2) is 9.97 Å². The number of nitrogens with one attached hydrogen (secondary N) is 2. The van der Waals surface area contributed by atoms with Gasteiger partial charge >= 0.3 is 0 Å². The number of aromatic amines is 1. The van der Waals surface area contributed by atoms with Crippen molar-refractivity contribution in [3.63, 3.8) is 0 Å². The van der Waals surface area contributed by atoms with Gasteiger partial charge in [0, 0.05) is 17.6 Å². The third kappa shape index (κ3) is 3.25. The summed E-state index contributed by atoms with van der Waals surface area (Å²) in [6, 6.07) is 0.0223. The lowest BCUT2D eigenvalue weighted by Gasteiger charge is -2.19. The van der Waals surface area contributed by atoms with Crippen LogP contribution in [0, 0.1) is 12.8 Å². The number of anilines is 2. The van der Waals surface area contributed by atoms with Crippen LogP contribution in [0.2, 0.25) is 0 Å². The standard InChI is InChI=1S/C14H20N8S/c1-6(2)9(17-4-8-18-7(3)5-23-8)12-19-10-11(15)20-14(16)22-13(10)21-12/h5-6,9,17H,4H2,1-3H3,(H5,15,16,19,20,21,22). The summed E-state index contributed by atoms with van der Waals surface area (Å²) in [7, 11) is 0. The van der Waals surface area contributed by atoms with Crippen molar-refractivity contribution >= 4 is 34.3 Å². The number of aryl methyl sites for hydroxylation is 1. The van der Waals surface area contributed by atoms with E-state index in [2.05, 4.69) is 44.1 Å². The van der Waals surface area contributed by atoms with Crippen molar-refractivity contribution in [3.8, 4) is 0 Å². The van der Waals surface area contributed by atoms with E-state index in [9.17, 15) is 0 Å². The van der Waals surface area contributed by atoms with Gasteiger partial charge in [-0.15, -0.1) is 11.3 Å². The third-order valence-electron chi connectivity index (χ3n) is 3.52. The van der Waals surface area contributed by atoms with E-state index in [0.29, 0.717) is 29.4 Å². The number of hydrogen-bond donors (Lipinski definition) is 4. The Bertz CT molecular complexity index is 821. The molecule has 3 aromatic rings. The molecule has 1 unspecified atom stereocenters. The minimum atomic E-state index is 0.0223. The molecule has 23 heavy (non-hydrogen) atoms. The fourth-order valence-electron chi connectivity index (χ4n) is 2.43. The van der Waals surface area contributed by atoms with Crippen molar-refractivity contribution in [2.24, 2.45) is 5.92 Å². The molecular formula is C14H20N8S. The maximum absolute atomic E-state index is 5.88. The topological polar surface area (TPSA) is 131 Å². The fourth-order valence-corrected chi connectivity index (χ4v) is 3.15. The van der Waals surface area contributed by atoms with Crippen LogP contribution in [0.4, 0.5) is 11.8 Å². The second-order valence-corrected chi connectivity index (χ2v) is 6.72. The molecule has 0 aliphatic heterocycles. The van der Waals surface area contributed by atoms with Crippen LogP contribution in [0.5, 0.6) is 0 Å². The number of imidazole rings is 1. The SMILES string of the molecule is Cc1csc(CNC(c2nc3nc(N)nc(N)c3[nH]2)C(C)C)n1. The predicted molar refractivity (Wildman–Crippen MR) is 91.8 cm³/mol. The Kier molecular flexibility index (Phi) is 4.14. The van der Waals surface area contributed by atoms with Crippen LogP contribution in [0.15, 0.2) is 5.38 Å². The second kappa shape index (κ2) is 6.09. The van der Waals surface area contributed by atoms with Gasteiger partial charge in [0.2, 0.25) is 5.95 Å². The molecule has 0 fully saturated rings. The summed E-state index contributed by atoms with van der Waals surface area (Å²) >= 11 is 1.64. The Morgan fingerprint density at radius 1 is 1.22 bits per heavy atom. The van der Waals surface area contributed by atoms with E-state index in [4.69, 9.17) is 11.5 Å². The Balaban J connectivity index is 1.87. The van der Waals surface area contributed by atoms with Crippen LogP contribution in [0.25, 0.3) is 11.2 Å².